The molecule has 0 spiro atoms. The van der Waals surface area contributed by atoms with E-state index in [9.17, 15) is 26.2 Å². The number of nitrogens with zero attached hydrogens (tertiary/aromatic N) is 2. The molecule has 26 heavy (non-hydrogen) atoms. The minimum atomic E-state index is -5.54. The Morgan fingerprint density at radius 3 is 2.42 bits per heavy atom. The predicted octanol–water partition coefficient (Wildman–Crippen LogP) is 2.11. The first-order valence-corrected chi connectivity index (χ1v) is 8.70. The van der Waals surface area contributed by atoms with E-state index in [0.717, 1.165) is 19.4 Å². The van der Waals surface area contributed by atoms with Gasteiger partial charge in [0, 0.05) is 6.20 Å². The van der Waals surface area contributed by atoms with Crippen LogP contribution < -0.4 is 5.46 Å². The molecule has 0 fully saturated rings. The Labute approximate surface area is 146 Å². The lowest BCUT2D eigenvalue weighted by molar-refractivity contribution is 0.0600. The number of halogens is 3. The van der Waals surface area contributed by atoms with Crippen molar-refractivity contribution in [3.63, 3.8) is 0 Å². The normalized spacial score (nSPS) is 12.3. The number of carbonyl (C=O) groups excluding carboxylic acids is 1. The molecular weight excluding hydrogens is 372 g/mol. The Balaban J connectivity index is 2.33. The molecule has 0 aliphatic rings. The number of pyridine rings is 1. The molecule has 1 aromatic carbocycles. The van der Waals surface area contributed by atoms with E-state index in [2.05, 4.69) is 9.72 Å². The lowest BCUT2D eigenvalue weighted by atomic mass is 9.80. The molecular formula is C15H11BF3N2O4S-. The SMILES string of the molecule is COC(=O)c1cnc2c(c1)c([B-](F)(F)F)cn2S(=O)(=O)c1ccccc1. The Morgan fingerprint density at radius 1 is 1.19 bits per heavy atom. The molecule has 0 unspecified atom stereocenters. The number of fused-ring (bicyclic) bond motifs is 1. The summed E-state index contributed by atoms with van der Waals surface area (Å²) in [6.07, 6.45) is 1.46. The Bertz CT molecular complexity index is 1100. The number of hydrogen-bond acceptors (Lipinski definition) is 5. The molecule has 0 saturated carbocycles. The molecule has 2 heterocycles. The van der Waals surface area contributed by atoms with E-state index in [4.69, 9.17) is 0 Å². The Kier molecular flexibility index (Phi) is 4.27. The first kappa shape index (κ1) is 18.0. The third kappa shape index (κ3) is 2.94. The van der Waals surface area contributed by atoms with Gasteiger partial charge in [-0.05, 0) is 29.8 Å². The van der Waals surface area contributed by atoms with Gasteiger partial charge in [0.2, 0.25) is 0 Å². The molecule has 0 radical (unpaired) electrons. The zero-order chi connectivity index (χ0) is 19.1. The van der Waals surface area contributed by atoms with Crippen molar-refractivity contribution in [3.05, 3.63) is 54.4 Å². The van der Waals surface area contributed by atoms with Crippen LogP contribution in [0.4, 0.5) is 12.9 Å². The summed E-state index contributed by atoms with van der Waals surface area (Å²) in [6.45, 7) is -5.54. The van der Waals surface area contributed by atoms with Gasteiger partial charge in [0.05, 0.1) is 17.6 Å². The van der Waals surface area contributed by atoms with Crippen molar-refractivity contribution in [1.29, 1.82) is 0 Å². The number of esters is 1. The van der Waals surface area contributed by atoms with Crippen LogP contribution in [-0.2, 0) is 14.8 Å². The fourth-order valence-corrected chi connectivity index (χ4v) is 3.84. The van der Waals surface area contributed by atoms with Gasteiger partial charge in [-0.1, -0.05) is 23.7 Å². The minimum Gasteiger partial charge on any atom is -0.465 e. The standard InChI is InChI=1S/C15H11BF3N2O4S/c1-25-15(22)10-7-12-13(16(17,18)19)9-21(14(12)20-8-10)26(23,24)11-5-3-2-4-6-11/h2-9H,1H3/q-1. The number of hydrogen-bond donors (Lipinski definition) is 0. The molecule has 6 nitrogen and oxygen atoms in total. The summed E-state index contributed by atoms with van der Waals surface area (Å²) < 4.78 is 70.8. The van der Waals surface area contributed by atoms with Crippen LogP contribution in [0.15, 0.2) is 53.7 Å². The molecule has 0 N–H and O–H groups in total. The number of rotatable bonds is 4. The highest BCUT2D eigenvalue weighted by molar-refractivity contribution is 7.90. The van der Waals surface area contributed by atoms with Crippen LogP contribution in [0.5, 0.6) is 0 Å². The van der Waals surface area contributed by atoms with Gasteiger partial charge in [0.15, 0.2) is 5.65 Å². The molecule has 3 rings (SSSR count). The second-order valence-corrected chi connectivity index (χ2v) is 7.17. The van der Waals surface area contributed by atoms with Gasteiger partial charge in [0.25, 0.3) is 10.0 Å². The lowest BCUT2D eigenvalue weighted by Crippen LogP contribution is -2.33. The highest BCUT2D eigenvalue weighted by Gasteiger charge is 2.33. The number of carbonyl (C=O) groups is 1. The summed E-state index contributed by atoms with van der Waals surface area (Å²) in [7, 11) is -3.22. The topological polar surface area (TPSA) is 78.3 Å². The Morgan fingerprint density at radius 2 is 1.85 bits per heavy atom. The molecule has 3 aromatic rings. The third-order valence-corrected chi connectivity index (χ3v) is 5.38. The van der Waals surface area contributed by atoms with Gasteiger partial charge in [0.1, 0.15) is 0 Å². The molecule has 0 atom stereocenters. The van der Waals surface area contributed by atoms with Gasteiger partial charge < -0.3 is 17.7 Å². The van der Waals surface area contributed by atoms with Crippen LogP contribution in [0.1, 0.15) is 10.4 Å². The molecule has 0 amide bonds. The average Bonchev–Trinajstić information content (AvgIpc) is 3.01. The molecule has 2 aromatic heterocycles. The maximum Gasteiger partial charge on any atom is 0.511 e. The molecule has 0 bridgehead atoms. The number of ether oxygens (including phenoxy) is 1. The van der Waals surface area contributed by atoms with E-state index < -0.39 is 39.5 Å². The minimum absolute atomic E-state index is 0.183. The van der Waals surface area contributed by atoms with Gasteiger partial charge in [-0.3, -0.25) is 0 Å². The number of aromatic nitrogens is 2. The predicted molar refractivity (Wildman–Crippen MR) is 88.8 cm³/mol. The summed E-state index contributed by atoms with van der Waals surface area (Å²) in [5.41, 5.74) is -1.79. The summed E-state index contributed by atoms with van der Waals surface area (Å²) in [6, 6.07) is 7.95. The van der Waals surface area contributed by atoms with E-state index in [1.165, 1.54) is 24.3 Å². The first-order chi connectivity index (χ1) is 12.2. The van der Waals surface area contributed by atoms with Crippen molar-refractivity contribution in [2.45, 2.75) is 4.90 Å². The maximum atomic E-state index is 13.4. The maximum absolute atomic E-state index is 13.4. The van der Waals surface area contributed by atoms with E-state index in [1.807, 2.05) is 0 Å². The van der Waals surface area contributed by atoms with Crippen LogP contribution in [0.25, 0.3) is 11.0 Å². The Hall–Kier alpha value is -2.82. The quantitative estimate of drug-likeness (QED) is 0.510. The largest absolute Gasteiger partial charge is 0.511 e. The summed E-state index contributed by atoms with van der Waals surface area (Å²) in [5, 5.41) is -0.486. The second kappa shape index (κ2) is 6.17. The fourth-order valence-electron chi connectivity index (χ4n) is 2.48. The number of benzene rings is 1. The summed E-state index contributed by atoms with van der Waals surface area (Å²) in [5.74, 6) is -0.876. The molecule has 0 aliphatic heterocycles. The summed E-state index contributed by atoms with van der Waals surface area (Å²) in [4.78, 5) is 15.2. The van der Waals surface area contributed by atoms with E-state index in [0.29, 0.717) is 10.2 Å². The zero-order valence-corrected chi connectivity index (χ0v) is 14.1. The van der Waals surface area contributed by atoms with E-state index >= 15 is 0 Å². The van der Waals surface area contributed by atoms with Gasteiger partial charge in [-0.25, -0.2) is 22.2 Å². The third-order valence-electron chi connectivity index (χ3n) is 3.72. The highest BCUT2D eigenvalue weighted by Crippen LogP contribution is 2.24. The number of methoxy groups -OCH3 is 1. The lowest BCUT2D eigenvalue weighted by Gasteiger charge is -2.12. The van der Waals surface area contributed by atoms with Crippen molar-refractivity contribution >= 4 is 39.5 Å². The van der Waals surface area contributed by atoms with Gasteiger partial charge in [-0.15, -0.1) is 0 Å². The van der Waals surface area contributed by atoms with Crippen LogP contribution >= 0.6 is 0 Å². The van der Waals surface area contributed by atoms with Crippen LogP contribution in [0.3, 0.4) is 0 Å². The van der Waals surface area contributed by atoms with Gasteiger partial charge in [-0.2, -0.15) is 0 Å². The average molecular weight is 383 g/mol. The van der Waals surface area contributed by atoms with Gasteiger partial charge >= 0.3 is 12.9 Å². The van der Waals surface area contributed by atoms with Crippen LogP contribution in [0.2, 0.25) is 0 Å². The molecule has 0 aliphatic carbocycles. The fraction of sp³-hybridized carbons (Fsp3) is 0.0667. The van der Waals surface area contributed by atoms with Crippen molar-refractivity contribution in [3.8, 4) is 0 Å². The molecule has 11 heteroatoms. The molecule has 136 valence electrons. The molecule has 0 saturated heterocycles. The van der Waals surface area contributed by atoms with Crippen molar-refractivity contribution < 1.29 is 30.9 Å². The van der Waals surface area contributed by atoms with Crippen LogP contribution in [-0.4, -0.2) is 37.4 Å². The smallest absolute Gasteiger partial charge is 0.465 e. The highest BCUT2D eigenvalue weighted by atomic mass is 32.2. The second-order valence-electron chi connectivity index (χ2n) is 5.36. The monoisotopic (exact) mass is 383 g/mol. The first-order valence-electron chi connectivity index (χ1n) is 7.26. The summed E-state index contributed by atoms with van der Waals surface area (Å²) >= 11 is 0. The van der Waals surface area contributed by atoms with E-state index in [-0.39, 0.29) is 10.5 Å². The van der Waals surface area contributed by atoms with E-state index in [1.54, 1.807) is 6.07 Å². The van der Waals surface area contributed by atoms with Crippen molar-refractivity contribution in [2.24, 2.45) is 0 Å². The zero-order valence-electron chi connectivity index (χ0n) is 13.3. The van der Waals surface area contributed by atoms with Crippen LogP contribution in [0, 0.1) is 0 Å². The van der Waals surface area contributed by atoms with Crippen molar-refractivity contribution in [1.82, 2.24) is 8.96 Å². The van der Waals surface area contributed by atoms with Crippen molar-refractivity contribution in [2.75, 3.05) is 7.11 Å².